The van der Waals surface area contributed by atoms with Gasteiger partial charge in [-0.05, 0) is 62.4 Å². The van der Waals surface area contributed by atoms with Crippen LogP contribution < -0.4 is 9.88 Å². The maximum absolute atomic E-state index is 5.12. The summed E-state index contributed by atoms with van der Waals surface area (Å²) in [6, 6.07) is 0. The molecule has 0 radical (unpaired) electrons. The van der Waals surface area contributed by atoms with E-state index in [2.05, 4.69) is 29.2 Å². The zero-order valence-corrected chi connectivity index (χ0v) is 12.4. The van der Waals surface area contributed by atoms with E-state index in [0.29, 0.717) is 5.54 Å². The van der Waals surface area contributed by atoms with E-state index < -0.39 is 0 Å². The largest absolute Gasteiger partial charge is 0.292 e. The molecule has 5 rings (SSSR count). The Balaban J connectivity index is 1.69. The molecule has 2 fully saturated rings. The smallest absolute Gasteiger partial charge is 0.114 e. The van der Waals surface area contributed by atoms with Gasteiger partial charge < -0.3 is 0 Å². The van der Waals surface area contributed by atoms with E-state index in [-0.39, 0.29) is 0 Å². The van der Waals surface area contributed by atoms with Gasteiger partial charge >= 0.3 is 0 Å². The van der Waals surface area contributed by atoms with Gasteiger partial charge in [-0.2, -0.15) is 0 Å². The monoisotopic (exact) mass is 282 g/mol. The van der Waals surface area contributed by atoms with Crippen LogP contribution in [-0.4, -0.2) is 23.0 Å². The first-order valence-corrected chi connectivity index (χ1v) is 8.53. The van der Waals surface area contributed by atoms with E-state index in [0.717, 1.165) is 6.42 Å². The summed E-state index contributed by atoms with van der Waals surface area (Å²) in [6.45, 7) is 2.55. The zero-order valence-electron chi connectivity index (χ0n) is 11.6. The lowest BCUT2D eigenvalue weighted by molar-refractivity contribution is 0.196. The van der Waals surface area contributed by atoms with E-state index in [1.807, 2.05) is 11.3 Å². The van der Waals surface area contributed by atoms with Gasteiger partial charge in [0.15, 0.2) is 0 Å². The van der Waals surface area contributed by atoms with Crippen LogP contribution in [0.4, 0.5) is 0 Å². The zero-order chi connectivity index (χ0) is 13.2. The summed E-state index contributed by atoms with van der Waals surface area (Å²) >= 11 is 1.95. The third-order valence-electron chi connectivity index (χ3n) is 5.35. The Bertz CT molecular complexity index is 755. The molecule has 3 heterocycles. The number of hydrogen-bond donors (Lipinski definition) is 0. The van der Waals surface area contributed by atoms with Crippen LogP contribution in [0.15, 0.2) is 23.8 Å². The molecule has 0 aromatic carbocycles. The summed E-state index contributed by atoms with van der Waals surface area (Å²) in [7, 11) is 0. The van der Waals surface area contributed by atoms with Gasteiger partial charge in [-0.25, -0.2) is 4.98 Å². The number of fused-ring (bicyclic) bond motifs is 3. The van der Waals surface area contributed by atoms with Gasteiger partial charge in [0.05, 0.1) is 15.4 Å². The van der Waals surface area contributed by atoms with Crippen LogP contribution >= 0.6 is 11.3 Å². The molecule has 2 aliphatic heterocycles. The minimum atomic E-state index is 0.303. The Morgan fingerprint density at radius 2 is 2.05 bits per heavy atom. The Morgan fingerprint density at radius 1 is 1.20 bits per heavy atom. The number of hydrogen-bond acceptors (Lipinski definition) is 3. The van der Waals surface area contributed by atoms with Crippen LogP contribution in [-0.2, 0) is 5.54 Å². The molecule has 0 amide bonds. The Morgan fingerprint density at radius 3 is 2.90 bits per heavy atom. The molecule has 1 aromatic heterocycles. The molecular formula is C17H18N2S. The first-order valence-electron chi connectivity index (χ1n) is 7.71. The molecule has 20 heavy (non-hydrogen) atoms. The van der Waals surface area contributed by atoms with Gasteiger partial charge in [-0.1, -0.05) is 18.2 Å². The lowest BCUT2D eigenvalue weighted by atomic mass is 9.95. The maximum atomic E-state index is 5.12. The highest BCUT2D eigenvalue weighted by Gasteiger charge is 2.47. The Labute approximate surface area is 122 Å². The second kappa shape index (κ2) is 3.92. The molecule has 0 saturated carbocycles. The molecule has 0 unspecified atom stereocenters. The highest BCUT2D eigenvalue weighted by atomic mass is 32.1. The first-order chi connectivity index (χ1) is 9.87. The highest BCUT2D eigenvalue weighted by molar-refractivity contribution is 7.09. The van der Waals surface area contributed by atoms with Gasteiger partial charge in [-0.15, -0.1) is 11.3 Å². The molecular weight excluding hydrogens is 264 g/mol. The van der Waals surface area contributed by atoms with Crippen molar-refractivity contribution in [2.75, 3.05) is 13.1 Å². The second-order valence-electron chi connectivity index (χ2n) is 6.33. The lowest BCUT2D eigenvalue weighted by Crippen LogP contribution is -2.35. The van der Waals surface area contributed by atoms with Crippen molar-refractivity contribution in [3.8, 4) is 0 Å². The minimum Gasteiger partial charge on any atom is -0.292 e. The van der Waals surface area contributed by atoms with E-state index >= 15 is 0 Å². The van der Waals surface area contributed by atoms with Gasteiger partial charge in [-0.3, -0.25) is 4.90 Å². The van der Waals surface area contributed by atoms with Gasteiger partial charge in [0, 0.05) is 0 Å². The topological polar surface area (TPSA) is 16.1 Å². The molecule has 0 N–H and O–H groups in total. The van der Waals surface area contributed by atoms with Gasteiger partial charge in [0.25, 0.3) is 0 Å². The number of aromatic nitrogens is 1. The van der Waals surface area contributed by atoms with E-state index in [1.165, 1.54) is 64.8 Å². The van der Waals surface area contributed by atoms with Crippen LogP contribution in [0.5, 0.6) is 0 Å². The van der Waals surface area contributed by atoms with Gasteiger partial charge in [0.2, 0.25) is 0 Å². The SMILES string of the molecule is C1=CCC2=c3nc(C45CCCN4CCC5)sc3=CC2=C1. The fourth-order valence-electron chi connectivity index (χ4n) is 4.39. The Kier molecular flexibility index (Phi) is 2.25. The quantitative estimate of drug-likeness (QED) is 0.784. The van der Waals surface area contributed by atoms with Crippen molar-refractivity contribution in [2.24, 2.45) is 0 Å². The van der Waals surface area contributed by atoms with E-state index in [9.17, 15) is 0 Å². The molecule has 4 aliphatic rings. The first kappa shape index (κ1) is 11.5. The van der Waals surface area contributed by atoms with E-state index in [1.54, 1.807) is 0 Å². The van der Waals surface area contributed by atoms with Crippen LogP contribution in [0.2, 0.25) is 0 Å². The summed E-state index contributed by atoms with van der Waals surface area (Å²) in [6.07, 6.45) is 15.4. The standard InChI is InChI=1S/C17H18N2S/c1-2-6-13-12(5-1)11-14-15(13)18-16(20-14)17-7-3-9-19(17)10-4-8-17/h1-2,5,11H,3-4,6-10H2. The third kappa shape index (κ3) is 1.35. The molecule has 1 aromatic rings. The number of rotatable bonds is 1. The molecule has 0 bridgehead atoms. The molecule has 0 atom stereocenters. The van der Waals surface area contributed by atoms with Crippen molar-refractivity contribution in [2.45, 2.75) is 37.6 Å². The summed E-state index contributed by atoms with van der Waals surface area (Å²) in [5.41, 5.74) is 3.14. The average molecular weight is 282 g/mol. The summed E-state index contributed by atoms with van der Waals surface area (Å²) in [5.74, 6) is 0. The van der Waals surface area contributed by atoms with Crippen molar-refractivity contribution in [1.29, 1.82) is 0 Å². The molecule has 2 saturated heterocycles. The molecule has 3 heteroatoms. The normalized spacial score (nSPS) is 26.2. The fourth-order valence-corrected chi connectivity index (χ4v) is 5.71. The predicted molar refractivity (Wildman–Crippen MR) is 82.8 cm³/mol. The minimum absolute atomic E-state index is 0.303. The van der Waals surface area contributed by atoms with E-state index in [4.69, 9.17) is 4.98 Å². The summed E-state index contributed by atoms with van der Waals surface area (Å²) < 4.78 is 1.40. The van der Waals surface area contributed by atoms with Crippen molar-refractivity contribution >= 4 is 23.0 Å². The molecule has 2 nitrogen and oxygen atoms in total. The molecule has 2 aliphatic carbocycles. The van der Waals surface area contributed by atoms with Crippen LogP contribution in [0.1, 0.15) is 37.1 Å². The second-order valence-corrected chi connectivity index (χ2v) is 7.37. The number of allylic oxidation sites excluding steroid dienone is 4. The maximum Gasteiger partial charge on any atom is 0.114 e. The van der Waals surface area contributed by atoms with Crippen molar-refractivity contribution in [1.82, 2.24) is 9.88 Å². The van der Waals surface area contributed by atoms with Crippen molar-refractivity contribution in [3.63, 3.8) is 0 Å². The molecule has 102 valence electrons. The van der Waals surface area contributed by atoms with Crippen LogP contribution in [0.3, 0.4) is 0 Å². The lowest BCUT2D eigenvalue weighted by Gasteiger charge is -2.29. The van der Waals surface area contributed by atoms with Crippen molar-refractivity contribution in [3.05, 3.63) is 38.7 Å². The van der Waals surface area contributed by atoms with Gasteiger partial charge in [0.1, 0.15) is 5.01 Å². The summed E-state index contributed by atoms with van der Waals surface area (Å²) in [4.78, 5) is 7.82. The van der Waals surface area contributed by atoms with Crippen LogP contribution in [0.25, 0.3) is 11.6 Å². The highest BCUT2D eigenvalue weighted by Crippen LogP contribution is 2.46. The number of thiazole rings is 1. The fraction of sp³-hybridized carbons (Fsp3) is 0.471. The number of nitrogens with zero attached hydrogens (tertiary/aromatic N) is 2. The third-order valence-corrected chi connectivity index (χ3v) is 6.54. The predicted octanol–water partition coefficient (Wildman–Crippen LogP) is 2.06. The summed E-state index contributed by atoms with van der Waals surface area (Å²) in [5, 5.41) is 2.68. The Hall–Kier alpha value is -1.19. The van der Waals surface area contributed by atoms with Crippen molar-refractivity contribution < 1.29 is 0 Å². The average Bonchev–Trinajstić information content (AvgIpc) is 3.16. The van der Waals surface area contributed by atoms with Crippen LogP contribution in [0, 0.1) is 0 Å². The molecule has 0 spiro atoms.